The first-order valence-electron chi connectivity index (χ1n) is 9.04. The molecule has 3 N–H and O–H groups in total. The fraction of sp³-hybridized carbons (Fsp3) is 0.882. The number of carbonyl (C=O) groups excluding carboxylic acids is 1. The number of aliphatic imine (C=N–C) groups is 1. The van der Waals surface area contributed by atoms with Crippen molar-refractivity contribution in [1.82, 2.24) is 25.8 Å². The van der Waals surface area contributed by atoms with Gasteiger partial charge in [-0.05, 0) is 20.8 Å². The van der Waals surface area contributed by atoms with Crippen LogP contribution < -0.4 is 16.0 Å². The van der Waals surface area contributed by atoms with Crippen LogP contribution in [0.2, 0.25) is 0 Å². The third-order valence-corrected chi connectivity index (χ3v) is 3.94. The highest BCUT2D eigenvalue weighted by atomic mass is 127. The molecule has 0 unspecified atom stereocenters. The van der Waals surface area contributed by atoms with Crippen molar-refractivity contribution in [2.45, 2.75) is 26.3 Å². The second-order valence-electron chi connectivity index (χ2n) is 7.26. The van der Waals surface area contributed by atoms with Gasteiger partial charge in [0.25, 0.3) is 0 Å². The largest absolute Gasteiger partial charge is 0.383 e. The molecule has 154 valence electrons. The van der Waals surface area contributed by atoms with Crippen LogP contribution in [0.1, 0.15) is 20.8 Å². The number of nitrogens with one attached hydrogen (secondary N) is 3. The molecule has 0 bridgehead atoms. The number of hydrogen-bond donors (Lipinski definition) is 3. The first kappa shape index (κ1) is 25.4. The van der Waals surface area contributed by atoms with E-state index in [4.69, 9.17) is 4.74 Å². The lowest BCUT2D eigenvalue weighted by Crippen LogP contribution is -2.54. The van der Waals surface area contributed by atoms with Crippen LogP contribution in [0.25, 0.3) is 0 Å². The zero-order chi connectivity index (χ0) is 18.7. The van der Waals surface area contributed by atoms with Gasteiger partial charge in [-0.3, -0.25) is 14.7 Å². The number of carbonyl (C=O) groups is 1. The van der Waals surface area contributed by atoms with E-state index < -0.39 is 0 Å². The van der Waals surface area contributed by atoms with Crippen molar-refractivity contribution in [2.75, 3.05) is 73.1 Å². The lowest BCUT2D eigenvalue weighted by atomic mass is 10.1. The molecule has 0 aromatic carbocycles. The van der Waals surface area contributed by atoms with Crippen LogP contribution in [0.15, 0.2) is 4.99 Å². The molecular weight excluding hydrogens is 447 g/mol. The number of nitrogens with zero attached hydrogens (tertiary/aromatic N) is 3. The first-order chi connectivity index (χ1) is 11.9. The number of guanidine groups is 1. The van der Waals surface area contributed by atoms with E-state index in [9.17, 15) is 4.79 Å². The van der Waals surface area contributed by atoms with Crippen LogP contribution >= 0.6 is 24.0 Å². The van der Waals surface area contributed by atoms with Gasteiger partial charge in [-0.2, -0.15) is 0 Å². The van der Waals surface area contributed by atoms with Gasteiger partial charge in [0.1, 0.15) is 0 Å². The maximum atomic E-state index is 11.8. The summed E-state index contributed by atoms with van der Waals surface area (Å²) < 4.78 is 4.93. The molecule has 1 aliphatic heterocycles. The lowest BCUT2D eigenvalue weighted by Gasteiger charge is -2.36. The molecule has 1 rings (SSSR count). The normalized spacial score (nSPS) is 16.2. The van der Waals surface area contributed by atoms with E-state index in [0.717, 1.165) is 45.2 Å². The average Bonchev–Trinajstić information content (AvgIpc) is 2.55. The highest BCUT2D eigenvalue weighted by Gasteiger charge is 2.21. The van der Waals surface area contributed by atoms with Gasteiger partial charge in [-0.25, -0.2) is 0 Å². The Bertz CT molecular complexity index is 420. The molecule has 1 fully saturated rings. The van der Waals surface area contributed by atoms with E-state index in [1.165, 1.54) is 0 Å². The molecule has 1 aliphatic rings. The first-order valence-corrected chi connectivity index (χ1v) is 9.04. The van der Waals surface area contributed by atoms with E-state index in [1.807, 2.05) is 7.05 Å². The monoisotopic (exact) mass is 484 g/mol. The van der Waals surface area contributed by atoms with Crippen LogP contribution in [0.5, 0.6) is 0 Å². The minimum atomic E-state index is 0. The summed E-state index contributed by atoms with van der Waals surface area (Å²) in [6, 6.07) is 0. The summed E-state index contributed by atoms with van der Waals surface area (Å²) in [6.07, 6.45) is 0. The molecule has 0 spiro atoms. The summed E-state index contributed by atoms with van der Waals surface area (Å²) >= 11 is 0. The number of amides is 1. The maximum Gasteiger partial charge on any atom is 0.234 e. The van der Waals surface area contributed by atoms with Gasteiger partial charge < -0.3 is 25.6 Å². The zero-order valence-corrected chi connectivity index (χ0v) is 19.3. The molecule has 0 aliphatic carbocycles. The highest BCUT2D eigenvalue weighted by molar-refractivity contribution is 14.0. The number of methoxy groups -OCH3 is 1. The summed E-state index contributed by atoms with van der Waals surface area (Å²) in [5.41, 5.74) is 0.126. The second-order valence-corrected chi connectivity index (χ2v) is 7.26. The third kappa shape index (κ3) is 11.1. The Hall–Kier alpha value is -0.650. The molecule has 0 aromatic heterocycles. The number of hydrogen-bond acceptors (Lipinski definition) is 5. The summed E-state index contributed by atoms with van der Waals surface area (Å²) in [5.74, 6) is 0.987. The molecule has 0 atom stereocenters. The van der Waals surface area contributed by atoms with Crippen LogP contribution in [-0.4, -0.2) is 100 Å². The zero-order valence-electron chi connectivity index (χ0n) is 16.9. The SMILES string of the molecule is CN=C(NCCNC(C)(C)C)N1CCN(CC(=O)NCCOC)CC1.I. The highest BCUT2D eigenvalue weighted by Crippen LogP contribution is 2.02. The maximum absolute atomic E-state index is 11.8. The Morgan fingerprint density at radius 3 is 2.27 bits per heavy atom. The van der Waals surface area contributed by atoms with Crippen molar-refractivity contribution in [3.05, 3.63) is 0 Å². The summed E-state index contributed by atoms with van der Waals surface area (Å²) in [7, 11) is 3.45. The minimum Gasteiger partial charge on any atom is -0.383 e. The van der Waals surface area contributed by atoms with E-state index in [1.54, 1.807) is 7.11 Å². The molecule has 0 saturated carbocycles. The number of halogens is 1. The molecule has 26 heavy (non-hydrogen) atoms. The quantitative estimate of drug-likeness (QED) is 0.194. The Morgan fingerprint density at radius 1 is 1.08 bits per heavy atom. The average molecular weight is 484 g/mol. The molecule has 9 heteroatoms. The Balaban J connectivity index is 0.00000625. The Kier molecular flexibility index (Phi) is 13.2. The van der Waals surface area contributed by atoms with Gasteiger partial charge in [0.15, 0.2) is 5.96 Å². The van der Waals surface area contributed by atoms with Crippen molar-refractivity contribution in [2.24, 2.45) is 4.99 Å². The standard InChI is InChI=1S/C17H36N6O2.HI/c1-17(2,3)21-7-6-20-16(18-4)23-11-9-22(10-12-23)14-15(24)19-8-13-25-5;/h21H,6-14H2,1-5H3,(H,18,20)(H,19,24);1H. The third-order valence-electron chi connectivity index (χ3n) is 3.94. The summed E-state index contributed by atoms with van der Waals surface area (Å²) in [4.78, 5) is 20.6. The van der Waals surface area contributed by atoms with Crippen molar-refractivity contribution >= 4 is 35.8 Å². The Labute approximate surface area is 175 Å². The molecule has 0 radical (unpaired) electrons. The predicted molar refractivity (Wildman–Crippen MR) is 117 cm³/mol. The molecule has 1 amide bonds. The fourth-order valence-electron chi connectivity index (χ4n) is 2.61. The topological polar surface area (TPSA) is 81.2 Å². The van der Waals surface area contributed by atoms with E-state index in [2.05, 4.69) is 51.5 Å². The second kappa shape index (κ2) is 13.5. The van der Waals surface area contributed by atoms with Gasteiger partial charge in [-0.1, -0.05) is 0 Å². The van der Waals surface area contributed by atoms with Crippen LogP contribution in [-0.2, 0) is 9.53 Å². The van der Waals surface area contributed by atoms with Gasteiger partial charge in [0.2, 0.25) is 5.91 Å². The van der Waals surface area contributed by atoms with Gasteiger partial charge >= 0.3 is 0 Å². The summed E-state index contributed by atoms with van der Waals surface area (Å²) in [5, 5.41) is 9.72. The molecule has 1 heterocycles. The Morgan fingerprint density at radius 2 is 1.73 bits per heavy atom. The van der Waals surface area contributed by atoms with E-state index in [-0.39, 0.29) is 35.4 Å². The molecule has 1 saturated heterocycles. The lowest BCUT2D eigenvalue weighted by molar-refractivity contribution is -0.122. The van der Waals surface area contributed by atoms with E-state index >= 15 is 0 Å². The van der Waals surface area contributed by atoms with Crippen molar-refractivity contribution in [3.63, 3.8) is 0 Å². The molecule has 0 aromatic rings. The van der Waals surface area contributed by atoms with Gasteiger partial charge in [0, 0.05) is 65.5 Å². The van der Waals surface area contributed by atoms with Crippen LogP contribution in [0, 0.1) is 0 Å². The van der Waals surface area contributed by atoms with Gasteiger partial charge in [0.05, 0.1) is 13.2 Å². The minimum absolute atomic E-state index is 0. The van der Waals surface area contributed by atoms with E-state index in [0.29, 0.717) is 19.7 Å². The smallest absolute Gasteiger partial charge is 0.234 e. The molecule has 8 nitrogen and oxygen atoms in total. The van der Waals surface area contributed by atoms with Gasteiger partial charge in [-0.15, -0.1) is 24.0 Å². The van der Waals surface area contributed by atoms with Crippen molar-refractivity contribution in [1.29, 1.82) is 0 Å². The number of piperazine rings is 1. The van der Waals surface area contributed by atoms with Crippen molar-refractivity contribution < 1.29 is 9.53 Å². The number of ether oxygens (including phenoxy) is 1. The number of rotatable bonds is 8. The molecular formula is C17H37IN6O2. The predicted octanol–water partition coefficient (Wildman–Crippen LogP) is -0.0519. The fourth-order valence-corrected chi connectivity index (χ4v) is 2.61. The summed E-state index contributed by atoms with van der Waals surface area (Å²) in [6.45, 7) is 13.2. The van der Waals surface area contributed by atoms with Crippen LogP contribution in [0.4, 0.5) is 0 Å². The van der Waals surface area contributed by atoms with Crippen molar-refractivity contribution in [3.8, 4) is 0 Å². The van der Waals surface area contributed by atoms with Crippen LogP contribution in [0.3, 0.4) is 0 Å².